The summed E-state index contributed by atoms with van der Waals surface area (Å²) in [6.45, 7) is 1.87. The molecule has 0 aliphatic carbocycles. The fraction of sp³-hybridized carbons (Fsp3) is 0.0556. The van der Waals surface area contributed by atoms with E-state index in [1.807, 2.05) is 19.1 Å². The molecule has 6 nitrogen and oxygen atoms in total. The van der Waals surface area contributed by atoms with Gasteiger partial charge in [0.15, 0.2) is 5.69 Å². The van der Waals surface area contributed by atoms with Crippen LogP contribution in [0.5, 0.6) is 0 Å². The summed E-state index contributed by atoms with van der Waals surface area (Å²) in [5.74, 6) is -1.82. The summed E-state index contributed by atoms with van der Waals surface area (Å²) in [5.41, 5.74) is 7.15. The number of imidazole rings is 1. The minimum atomic E-state index is -0.819. The predicted octanol–water partition coefficient (Wildman–Crippen LogP) is 3.43. The Bertz CT molecular complexity index is 999. The van der Waals surface area contributed by atoms with Gasteiger partial charge in [0.25, 0.3) is 11.8 Å². The molecule has 0 saturated carbocycles. The fourth-order valence-corrected chi connectivity index (χ4v) is 2.84. The lowest BCUT2D eigenvalue weighted by Gasteiger charge is -2.12. The number of halogens is 2. The van der Waals surface area contributed by atoms with Crippen LogP contribution in [0.25, 0.3) is 5.69 Å². The number of aryl methyl sites for hydroxylation is 1. The molecule has 2 aromatic carbocycles. The summed E-state index contributed by atoms with van der Waals surface area (Å²) < 4.78 is 15.3. The molecule has 0 aliphatic rings. The number of nitrogens with two attached hydrogens (primary N) is 1. The first-order valence-corrected chi connectivity index (χ1v) is 8.36. The van der Waals surface area contributed by atoms with Crippen LogP contribution in [-0.4, -0.2) is 21.4 Å². The molecule has 26 heavy (non-hydrogen) atoms. The maximum absolute atomic E-state index is 13.0. The summed E-state index contributed by atoms with van der Waals surface area (Å²) in [6, 6.07) is 10.8. The Balaban J connectivity index is 2.08. The molecule has 0 saturated heterocycles. The molecule has 3 N–H and O–H groups in total. The van der Waals surface area contributed by atoms with Gasteiger partial charge in [0.1, 0.15) is 17.8 Å². The quantitative estimate of drug-likeness (QED) is 0.682. The van der Waals surface area contributed by atoms with E-state index in [9.17, 15) is 14.0 Å². The van der Waals surface area contributed by atoms with Gasteiger partial charge in [-0.05, 0) is 48.9 Å². The zero-order chi connectivity index (χ0) is 18.8. The van der Waals surface area contributed by atoms with Gasteiger partial charge in [-0.1, -0.05) is 22.0 Å². The third kappa shape index (κ3) is 3.50. The van der Waals surface area contributed by atoms with Crippen LogP contribution >= 0.6 is 15.9 Å². The Labute approximate surface area is 157 Å². The molecule has 132 valence electrons. The number of nitrogens with zero attached hydrogens (tertiary/aromatic N) is 2. The molecule has 8 heteroatoms. The lowest BCUT2D eigenvalue weighted by Crippen LogP contribution is -2.23. The van der Waals surface area contributed by atoms with E-state index in [1.165, 1.54) is 35.2 Å². The van der Waals surface area contributed by atoms with Crippen LogP contribution in [0.3, 0.4) is 0 Å². The number of primary amides is 1. The van der Waals surface area contributed by atoms with E-state index < -0.39 is 17.6 Å². The second-order valence-electron chi connectivity index (χ2n) is 5.57. The van der Waals surface area contributed by atoms with Crippen LogP contribution in [0, 0.1) is 12.7 Å². The van der Waals surface area contributed by atoms with E-state index in [2.05, 4.69) is 26.2 Å². The number of nitrogens with one attached hydrogen (secondary N) is 1. The number of rotatable bonds is 4. The molecule has 0 fully saturated rings. The van der Waals surface area contributed by atoms with Gasteiger partial charge < -0.3 is 11.1 Å². The van der Waals surface area contributed by atoms with Crippen molar-refractivity contribution in [3.05, 3.63) is 76.0 Å². The lowest BCUT2D eigenvalue weighted by molar-refractivity contribution is 0.0971. The molecule has 0 bridgehead atoms. The third-order valence-corrected chi connectivity index (χ3v) is 4.24. The van der Waals surface area contributed by atoms with Crippen molar-refractivity contribution in [3.8, 4) is 5.69 Å². The number of carbonyl (C=O) groups excluding carboxylic acids is 2. The molecule has 1 aromatic heterocycles. The van der Waals surface area contributed by atoms with Crippen LogP contribution in [0.15, 0.2) is 53.3 Å². The van der Waals surface area contributed by atoms with Gasteiger partial charge in [-0.3, -0.25) is 14.2 Å². The standard InChI is InChI=1S/C18H14BrFN4O2/c1-10-2-3-11(19)8-14(10)24-9-22-15(17(21)25)16(24)18(26)23-13-6-4-12(20)5-7-13/h2-9H,1H3,(H2,21,25)(H,23,26). The Morgan fingerprint density at radius 3 is 2.54 bits per heavy atom. The molecular weight excluding hydrogens is 403 g/mol. The van der Waals surface area contributed by atoms with E-state index in [1.54, 1.807) is 6.07 Å². The number of benzene rings is 2. The second kappa shape index (κ2) is 7.09. The topological polar surface area (TPSA) is 90.0 Å². The number of aromatic nitrogens is 2. The minimum Gasteiger partial charge on any atom is -0.364 e. The molecule has 0 aliphatic heterocycles. The summed E-state index contributed by atoms with van der Waals surface area (Å²) in [6.07, 6.45) is 1.37. The van der Waals surface area contributed by atoms with Gasteiger partial charge in [0, 0.05) is 10.2 Å². The van der Waals surface area contributed by atoms with Gasteiger partial charge in [0.2, 0.25) is 0 Å². The summed E-state index contributed by atoms with van der Waals surface area (Å²) in [7, 11) is 0. The molecule has 0 radical (unpaired) electrons. The molecule has 0 spiro atoms. The summed E-state index contributed by atoms with van der Waals surface area (Å²) in [4.78, 5) is 28.5. The number of carbonyl (C=O) groups is 2. The van der Waals surface area contributed by atoms with Gasteiger partial charge in [-0.25, -0.2) is 9.37 Å². The van der Waals surface area contributed by atoms with Crippen molar-refractivity contribution >= 4 is 33.4 Å². The SMILES string of the molecule is Cc1ccc(Br)cc1-n1cnc(C(N)=O)c1C(=O)Nc1ccc(F)cc1. The van der Waals surface area contributed by atoms with E-state index in [0.29, 0.717) is 11.4 Å². The first-order valence-electron chi connectivity index (χ1n) is 7.57. The van der Waals surface area contributed by atoms with Crippen molar-refractivity contribution < 1.29 is 14.0 Å². The Kier molecular flexibility index (Phi) is 4.85. The second-order valence-corrected chi connectivity index (χ2v) is 6.48. The van der Waals surface area contributed by atoms with Crippen molar-refractivity contribution in [1.82, 2.24) is 9.55 Å². The zero-order valence-corrected chi connectivity index (χ0v) is 15.2. The minimum absolute atomic E-state index is 0.00280. The molecule has 1 heterocycles. The number of hydrogen-bond acceptors (Lipinski definition) is 3. The normalized spacial score (nSPS) is 10.6. The van der Waals surface area contributed by atoms with Crippen LogP contribution in [0.4, 0.5) is 10.1 Å². The first kappa shape index (κ1) is 17.8. The molecule has 0 atom stereocenters. The van der Waals surface area contributed by atoms with E-state index in [-0.39, 0.29) is 11.4 Å². The zero-order valence-electron chi connectivity index (χ0n) is 13.7. The van der Waals surface area contributed by atoms with Crippen LogP contribution in [0.2, 0.25) is 0 Å². The Morgan fingerprint density at radius 1 is 1.19 bits per heavy atom. The molecule has 0 unspecified atom stereocenters. The third-order valence-electron chi connectivity index (χ3n) is 3.75. The van der Waals surface area contributed by atoms with Gasteiger partial charge >= 0.3 is 0 Å². The van der Waals surface area contributed by atoms with E-state index in [0.717, 1.165) is 10.0 Å². The maximum Gasteiger partial charge on any atom is 0.275 e. The first-order chi connectivity index (χ1) is 12.4. The van der Waals surface area contributed by atoms with Crippen molar-refractivity contribution in [1.29, 1.82) is 0 Å². The number of hydrogen-bond donors (Lipinski definition) is 2. The Hall–Kier alpha value is -3.00. The van der Waals surface area contributed by atoms with E-state index >= 15 is 0 Å². The molecule has 2 amide bonds. The van der Waals surface area contributed by atoms with Crippen molar-refractivity contribution in [2.24, 2.45) is 5.73 Å². The number of anilines is 1. The largest absolute Gasteiger partial charge is 0.364 e. The number of amides is 2. The lowest BCUT2D eigenvalue weighted by atomic mass is 10.2. The Morgan fingerprint density at radius 2 is 1.88 bits per heavy atom. The van der Waals surface area contributed by atoms with Gasteiger partial charge in [-0.15, -0.1) is 0 Å². The van der Waals surface area contributed by atoms with E-state index in [4.69, 9.17) is 5.73 Å². The van der Waals surface area contributed by atoms with Gasteiger partial charge in [-0.2, -0.15) is 0 Å². The average Bonchev–Trinajstić information content (AvgIpc) is 3.04. The average molecular weight is 417 g/mol. The maximum atomic E-state index is 13.0. The fourth-order valence-electron chi connectivity index (χ4n) is 2.49. The smallest absolute Gasteiger partial charge is 0.275 e. The predicted molar refractivity (Wildman–Crippen MR) is 98.9 cm³/mol. The van der Waals surface area contributed by atoms with Crippen molar-refractivity contribution in [3.63, 3.8) is 0 Å². The van der Waals surface area contributed by atoms with Crippen molar-refractivity contribution in [2.75, 3.05) is 5.32 Å². The highest BCUT2D eigenvalue weighted by Crippen LogP contribution is 2.23. The monoisotopic (exact) mass is 416 g/mol. The highest BCUT2D eigenvalue weighted by Gasteiger charge is 2.24. The van der Waals surface area contributed by atoms with Crippen LogP contribution < -0.4 is 11.1 Å². The highest BCUT2D eigenvalue weighted by molar-refractivity contribution is 9.10. The summed E-state index contributed by atoms with van der Waals surface area (Å²) in [5, 5.41) is 2.63. The highest BCUT2D eigenvalue weighted by atomic mass is 79.9. The van der Waals surface area contributed by atoms with Crippen LogP contribution in [0.1, 0.15) is 26.5 Å². The molecule has 3 rings (SSSR count). The summed E-state index contributed by atoms with van der Waals surface area (Å²) >= 11 is 3.39. The van der Waals surface area contributed by atoms with Crippen molar-refractivity contribution in [2.45, 2.75) is 6.92 Å². The van der Waals surface area contributed by atoms with Crippen LogP contribution in [-0.2, 0) is 0 Å². The molecular formula is C18H14BrFN4O2. The van der Waals surface area contributed by atoms with Gasteiger partial charge in [0.05, 0.1) is 5.69 Å². The molecule has 3 aromatic rings.